The van der Waals surface area contributed by atoms with Gasteiger partial charge >= 0.3 is 5.97 Å². The van der Waals surface area contributed by atoms with Crippen LogP contribution in [0.5, 0.6) is 0 Å². The highest BCUT2D eigenvalue weighted by Crippen LogP contribution is 2.11. The Kier molecular flexibility index (Phi) is 7.23. The normalized spacial score (nSPS) is 21.2. The first-order valence-electron chi connectivity index (χ1n) is 6.87. The molecule has 0 aliphatic carbocycles. The minimum absolute atomic E-state index is 0.156. The van der Waals surface area contributed by atoms with E-state index in [2.05, 4.69) is 17.1 Å². The number of esters is 1. The Hall–Kier alpha value is -0.650. The summed E-state index contributed by atoms with van der Waals surface area (Å²) in [5, 5.41) is 3.25. The van der Waals surface area contributed by atoms with Gasteiger partial charge in [-0.15, -0.1) is 0 Å². The van der Waals surface area contributed by atoms with Crippen molar-refractivity contribution in [1.82, 2.24) is 10.2 Å². The number of nitrogens with zero attached hydrogens (tertiary/aromatic N) is 1. The molecule has 0 aromatic rings. The predicted octanol–water partition coefficient (Wildman–Crippen LogP) is 0.638. The molecule has 1 heterocycles. The molecule has 0 saturated carbocycles. The highest BCUT2D eigenvalue weighted by molar-refractivity contribution is 5.76. The van der Waals surface area contributed by atoms with Gasteiger partial charge in [0.1, 0.15) is 6.04 Å². The maximum absolute atomic E-state index is 11.9. The van der Waals surface area contributed by atoms with Crippen LogP contribution in [0.4, 0.5) is 0 Å². The molecule has 2 atom stereocenters. The largest absolute Gasteiger partial charge is 0.465 e. The first-order valence-corrected chi connectivity index (χ1v) is 6.87. The molecule has 5 heteroatoms. The van der Waals surface area contributed by atoms with E-state index in [9.17, 15) is 4.79 Å². The predicted molar refractivity (Wildman–Crippen MR) is 70.6 cm³/mol. The van der Waals surface area contributed by atoms with Crippen LogP contribution in [-0.4, -0.2) is 62.9 Å². The van der Waals surface area contributed by atoms with Gasteiger partial charge in [-0.1, -0.05) is 6.92 Å². The Morgan fingerprint density at radius 2 is 2.33 bits per heavy atom. The van der Waals surface area contributed by atoms with E-state index in [4.69, 9.17) is 9.47 Å². The first-order chi connectivity index (χ1) is 8.69. The lowest BCUT2D eigenvalue weighted by Gasteiger charge is -2.27. The molecule has 1 N–H and O–H groups in total. The van der Waals surface area contributed by atoms with Gasteiger partial charge < -0.3 is 14.8 Å². The monoisotopic (exact) mass is 258 g/mol. The molecular weight excluding hydrogens is 232 g/mol. The number of carbonyl (C=O) groups excluding carboxylic acids is 1. The maximum atomic E-state index is 11.9. The molecule has 0 amide bonds. The summed E-state index contributed by atoms with van der Waals surface area (Å²) in [7, 11) is 2.04. The zero-order valence-corrected chi connectivity index (χ0v) is 11.8. The molecule has 0 bridgehead atoms. The summed E-state index contributed by atoms with van der Waals surface area (Å²) in [6.45, 7) is 7.44. The SMILES string of the molecule is CCCNC(CN(C)C1CCOC1)C(=O)OCC. The molecular formula is C13H26N2O3. The average Bonchev–Trinajstić information content (AvgIpc) is 2.88. The molecule has 5 nitrogen and oxygen atoms in total. The number of rotatable bonds is 8. The van der Waals surface area contributed by atoms with Gasteiger partial charge in [0.2, 0.25) is 0 Å². The quantitative estimate of drug-likeness (QED) is 0.647. The highest BCUT2D eigenvalue weighted by Gasteiger charge is 2.26. The number of ether oxygens (including phenoxy) is 2. The van der Waals surface area contributed by atoms with E-state index in [1.165, 1.54) is 0 Å². The van der Waals surface area contributed by atoms with Crippen molar-refractivity contribution in [2.24, 2.45) is 0 Å². The molecule has 2 unspecified atom stereocenters. The smallest absolute Gasteiger partial charge is 0.324 e. The molecule has 18 heavy (non-hydrogen) atoms. The van der Waals surface area contributed by atoms with Crippen molar-refractivity contribution in [3.63, 3.8) is 0 Å². The lowest BCUT2D eigenvalue weighted by Crippen LogP contribution is -2.48. The standard InChI is InChI=1S/C13H26N2O3/c1-4-7-14-12(13(16)18-5-2)9-15(3)11-6-8-17-10-11/h11-12,14H,4-10H2,1-3H3. The van der Waals surface area contributed by atoms with Gasteiger partial charge in [0.05, 0.1) is 13.2 Å². The molecule has 1 aliphatic rings. The lowest BCUT2D eigenvalue weighted by atomic mass is 10.2. The topological polar surface area (TPSA) is 50.8 Å². The second kappa shape index (κ2) is 8.45. The number of nitrogens with one attached hydrogen (secondary N) is 1. The molecule has 1 aliphatic heterocycles. The Morgan fingerprint density at radius 1 is 1.56 bits per heavy atom. The highest BCUT2D eigenvalue weighted by atomic mass is 16.5. The third kappa shape index (κ3) is 4.92. The van der Waals surface area contributed by atoms with Crippen LogP contribution in [0.2, 0.25) is 0 Å². The fourth-order valence-corrected chi connectivity index (χ4v) is 2.09. The zero-order chi connectivity index (χ0) is 13.4. The Bertz CT molecular complexity index is 242. The molecule has 0 aromatic carbocycles. The van der Waals surface area contributed by atoms with E-state index < -0.39 is 0 Å². The van der Waals surface area contributed by atoms with E-state index in [-0.39, 0.29) is 12.0 Å². The number of hydrogen-bond acceptors (Lipinski definition) is 5. The van der Waals surface area contributed by atoms with Crippen LogP contribution in [0.3, 0.4) is 0 Å². The third-order valence-electron chi connectivity index (χ3n) is 3.21. The van der Waals surface area contributed by atoms with Gasteiger partial charge in [-0.2, -0.15) is 0 Å². The maximum Gasteiger partial charge on any atom is 0.324 e. The van der Waals surface area contributed by atoms with E-state index in [1.54, 1.807) is 0 Å². The van der Waals surface area contributed by atoms with Gasteiger partial charge in [-0.05, 0) is 33.4 Å². The molecule has 1 rings (SSSR count). The van der Waals surface area contributed by atoms with E-state index in [0.717, 1.165) is 32.6 Å². The van der Waals surface area contributed by atoms with Crippen LogP contribution >= 0.6 is 0 Å². The number of likely N-dealkylation sites (N-methyl/N-ethyl adjacent to an activating group) is 1. The van der Waals surface area contributed by atoms with Crippen molar-refractivity contribution in [1.29, 1.82) is 0 Å². The van der Waals surface area contributed by atoms with Gasteiger partial charge in [0, 0.05) is 19.2 Å². The summed E-state index contributed by atoms with van der Waals surface area (Å²) in [6.07, 6.45) is 2.05. The second-order valence-corrected chi connectivity index (χ2v) is 4.72. The van der Waals surface area contributed by atoms with Crippen molar-refractivity contribution in [3.05, 3.63) is 0 Å². The molecule has 1 saturated heterocycles. The summed E-state index contributed by atoms with van der Waals surface area (Å²) in [4.78, 5) is 14.0. The van der Waals surface area contributed by atoms with Crippen molar-refractivity contribution >= 4 is 5.97 Å². The van der Waals surface area contributed by atoms with Gasteiger partial charge in [0.25, 0.3) is 0 Å². The van der Waals surface area contributed by atoms with E-state index in [0.29, 0.717) is 19.2 Å². The van der Waals surface area contributed by atoms with E-state index in [1.807, 2.05) is 14.0 Å². The van der Waals surface area contributed by atoms with Crippen LogP contribution in [0.15, 0.2) is 0 Å². The molecule has 0 spiro atoms. The molecule has 1 fully saturated rings. The van der Waals surface area contributed by atoms with Crippen LogP contribution in [0, 0.1) is 0 Å². The van der Waals surface area contributed by atoms with Crippen molar-refractivity contribution < 1.29 is 14.3 Å². The fourth-order valence-electron chi connectivity index (χ4n) is 2.09. The third-order valence-corrected chi connectivity index (χ3v) is 3.21. The molecule has 0 radical (unpaired) electrons. The van der Waals surface area contributed by atoms with Crippen molar-refractivity contribution in [3.8, 4) is 0 Å². The molecule has 0 aromatic heterocycles. The summed E-state index contributed by atoms with van der Waals surface area (Å²) < 4.78 is 10.5. The van der Waals surface area contributed by atoms with Crippen LogP contribution in [0.1, 0.15) is 26.7 Å². The van der Waals surface area contributed by atoms with Crippen molar-refractivity contribution in [2.45, 2.75) is 38.8 Å². The molecule has 106 valence electrons. The number of hydrogen-bond donors (Lipinski definition) is 1. The van der Waals surface area contributed by atoms with Crippen molar-refractivity contribution in [2.75, 3.05) is 40.0 Å². The first kappa shape index (κ1) is 15.4. The second-order valence-electron chi connectivity index (χ2n) is 4.72. The van der Waals surface area contributed by atoms with Crippen LogP contribution in [0.25, 0.3) is 0 Å². The Morgan fingerprint density at radius 3 is 2.89 bits per heavy atom. The lowest BCUT2D eigenvalue weighted by molar-refractivity contribution is -0.146. The minimum atomic E-state index is -0.240. The Labute approximate surface area is 110 Å². The average molecular weight is 258 g/mol. The van der Waals surface area contributed by atoms with Crippen LogP contribution in [-0.2, 0) is 14.3 Å². The van der Waals surface area contributed by atoms with Gasteiger partial charge in [-0.25, -0.2) is 0 Å². The summed E-state index contributed by atoms with van der Waals surface area (Å²) in [5.41, 5.74) is 0. The van der Waals surface area contributed by atoms with E-state index >= 15 is 0 Å². The Balaban J connectivity index is 2.45. The minimum Gasteiger partial charge on any atom is -0.465 e. The summed E-state index contributed by atoms with van der Waals surface area (Å²) >= 11 is 0. The summed E-state index contributed by atoms with van der Waals surface area (Å²) in [5.74, 6) is -0.156. The van der Waals surface area contributed by atoms with Gasteiger partial charge in [-0.3, -0.25) is 9.69 Å². The zero-order valence-electron chi connectivity index (χ0n) is 11.8. The number of carbonyl (C=O) groups is 1. The van der Waals surface area contributed by atoms with Crippen LogP contribution < -0.4 is 5.32 Å². The van der Waals surface area contributed by atoms with Gasteiger partial charge in [0.15, 0.2) is 0 Å². The fraction of sp³-hybridized carbons (Fsp3) is 0.923. The summed E-state index contributed by atoms with van der Waals surface area (Å²) in [6, 6.07) is 0.181.